The second-order valence-corrected chi connectivity index (χ2v) is 9.22. The van der Waals surface area contributed by atoms with E-state index in [0.717, 1.165) is 35.9 Å². The molecular formula is C26H35N5O2. The normalized spacial score (nSPS) is 20.5. The molecule has 2 aliphatic heterocycles. The average molecular weight is 450 g/mol. The summed E-state index contributed by atoms with van der Waals surface area (Å²) in [5.41, 5.74) is 2.95. The first-order valence-corrected chi connectivity index (χ1v) is 11.9. The Morgan fingerprint density at radius 3 is 1.88 bits per heavy atom. The molecule has 7 heteroatoms. The maximum absolute atomic E-state index is 10.9. The van der Waals surface area contributed by atoms with Crippen molar-refractivity contribution in [3.63, 3.8) is 0 Å². The zero-order chi connectivity index (χ0) is 24.0. The summed E-state index contributed by atoms with van der Waals surface area (Å²) in [5, 5.41) is 17.7. The first-order valence-electron chi connectivity index (χ1n) is 11.9. The topological polar surface area (TPSA) is 93.3 Å². The molecule has 0 aromatic carbocycles. The molecule has 2 atom stereocenters. The van der Waals surface area contributed by atoms with Crippen LogP contribution in [-0.2, 0) is 0 Å². The third-order valence-corrected chi connectivity index (χ3v) is 6.63. The van der Waals surface area contributed by atoms with Crippen molar-refractivity contribution in [1.82, 2.24) is 9.97 Å². The number of carbonyl (C=O) groups is 1. The second kappa shape index (κ2) is 11.1. The monoisotopic (exact) mass is 449 g/mol. The Labute approximate surface area is 197 Å². The summed E-state index contributed by atoms with van der Waals surface area (Å²) >= 11 is 0. The number of pyridine rings is 2. The highest BCUT2D eigenvalue weighted by atomic mass is 16.4. The number of hydrogen-bond donors (Lipinski definition) is 1. The van der Waals surface area contributed by atoms with Crippen LogP contribution in [0.25, 0.3) is 0 Å². The van der Waals surface area contributed by atoms with Gasteiger partial charge in [-0.25, -0.2) is 14.8 Å². The van der Waals surface area contributed by atoms with Gasteiger partial charge in [-0.05, 0) is 89.5 Å². The number of aromatic carboxylic acids is 1. The average Bonchev–Trinajstić information content (AvgIpc) is 2.80. The number of nitrogens with zero attached hydrogens (tertiary/aromatic N) is 5. The van der Waals surface area contributed by atoms with Gasteiger partial charge in [-0.3, -0.25) is 0 Å². The molecule has 4 heterocycles. The number of rotatable bonds is 3. The van der Waals surface area contributed by atoms with Crippen LogP contribution in [0.2, 0.25) is 0 Å². The van der Waals surface area contributed by atoms with Crippen LogP contribution in [0.3, 0.4) is 0 Å². The molecule has 2 aromatic rings. The van der Waals surface area contributed by atoms with E-state index >= 15 is 0 Å². The van der Waals surface area contributed by atoms with Crippen LogP contribution in [0.15, 0.2) is 24.5 Å². The summed E-state index contributed by atoms with van der Waals surface area (Å²) in [5.74, 6) is 1.06. The molecule has 0 spiro atoms. The van der Waals surface area contributed by atoms with E-state index in [1.165, 1.54) is 44.7 Å². The molecule has 1 N–H and O–H groups in total. The van der Waals surface area contributed by atoms with Crippen molar-refractivity contribution in [2.75, 3.05) is 22.9 Å². The van der Waals surface area contributed by atoms with Gasteiger partial charge in [0.05, 0.1) is 11.1 Å². The lowest BCUT2D eigenvalue weighted by atomic mass is 10.0. The fourth-order valence-electron chi connectivity index (χ4n) is 4.74. The van der Waals surface area contributed by atoms with E-state index in [1.807, 2.05) is 19.9 Å². The maximum atomic E-state index is 10.9. The zero-order valence-corrected chi connectivity index (χ0v) is 20.2. The minimum atomic E-state index is -0.918. The van der Waals surface area contributed by atoms with Gasteiger partial charge in [0, 0.05) is 37.6 Å². The highest BCUT2D eigenvalue weighted by molar-refractivity contribution is 5.87. The van der Waals surface area contributed by atoms with E-state index < -0.39 is 5.97 Å². The zero-order valence-electron chi connectivity index (χ0n) is 20.2. The third-order valence-electron chi connectivity index (χ3n) is 6.63. The van der Waals surface area contributed by atoms with Crippen LogP contribution < -0.4 is 9.80 Å². The minimum Gasteiger partial charge on any atom is -0.478 e. The van der Waals surface area contributed by atoms with Crippen molar-refractivity contribution in [3.8, 4) is 6.07 Å². The molecule has 0 amide bonds. The molecule has 2 unspecified atom stereocenters. The first-order chi connectivity index (χ1) is 15.8. The molecule has 0 saturated carbocycles. The van der Waals surface area contributed by atoms with Gasteiger partial charge in [-0.1, -0.05) is 0 Å². The third kappa shape index (κ3) is 6.01. The lowest BCUT2D eigenvalue weighted by Gasteiger charge is -2.35. The van der Waals surface area contributed by atoms with Gasteiger partial charge in [0.25, 0.3) is 0 Å². The fourth-order valence-corrected chi connectivity index (χ4v) is 4.74. The van der Waals surface area contributed by atoms with E-state index in [-0.39, 0.29) is 5.56 Å². The number of aromatic nitrogens is 2. The van der Waals surface area contributed by atoms with Gasteiger partial charge in [0.1, 0.15) is 17.7 Å². The summed E-state index contributed by atoms with van der Waals surface area (Å²) in [7, 11) is 0. The van der Waals surface area contributed by atoms with Crippen LogP contribution in [0, 0.1) is 25.2 Å². The molecule has 2 aromatic heterocycles. The second-order valence-electron chi connectivity index (χ2n) is 9.22. The van der Waals surface area contributed by atoms with Crippen molar-refractivity contribution in [3.05, 3.63) is 46.8 Å². The van der Waals surface area contributed by atoms with Crippen LogP contribution in [0.5, 0.6) is 0 Å². The number of carboxylic acid groups (broad SMARTS) is 1. The SMILES string of the molecule is Cc1cc(C#N)cnc1N1CCCCC1C.Cc1cc(C(=O)O)cnc1N1CCCCC1C. The largest absolute Gasteiger partial charge is 0.478 e. The van der Waals surface area contributed by atoms with Crippen molar-refractivity contribution in [2.45, 2.75) is 78.3 Å². The van der Waals surface area contributed by atoms with Crippen molar-refractivity contribution in [1.29, 1.82) is 5.26 Å². The lowest BCUT2D eigenvalue weighted by Crippen LogP contribution is -2.38. The number of hydrogen-bond acceptors (Lipinski definition) is 6. The Morgan fingerprint density at radius 1 is 0.939 bits per heavy atom. The van der Waals surface area contributed by atoms with Crippen LogP contribution in [-0.4, -0.2) is 46.2 Å². The number of carboxylic acids is 1. The Balaban J connectivity index is 0.000000186. The predicted octanol–water partition coefficient (Wildman–Crippen LogP) is 5.11. The Bertz CT molecular complexity index is 1020. The standard InChI is InChI=1S/C13H17N3.C13H18N2O2/c1-10-7-12(8-14)9-15-13(10)16-6-4-3-5-11(16)2;1-9-7-11(13(16)17)8-14-12(9)15-6-4-3-5-10(15)2/h7,9,11H,3-6H2,1-2H3;7-8,10H,3-6H2,1-2H3,(H,16,17). The van der Waals surface area contributed by atoms with E-state index in [2.05, 4.69) is 39.7 Å². The smallest absolute Gasteiger partial charge is 0.337 e. The van der Waals surface area contributed by atoms with Crippen molar-refractivity contribution < 1.29 is 9.90 Å². The van der Waals surface area contributed by atoms with Crippen LogP contribution in [0.1, 0.15) is 79.4 Å². The molecule has 2 aliphatic rings. The quantitative estimate of drug-likeness (QED) is 0.696. The summed E-state index contributed by atoms with van der Waals surface area (Å²) in [4.78, 5) is 24.2. The van der Waals surface area contributed by atoms with Gasteiger partial charge < -0.3 is 14.9 Å². The Morgan fingerprint density at radius 2 is 1.45 bits per heavy atom. The van der Waals surface area contributed by atoms with E-state index in [0.29, 0.717) is 17.6 Å². The molecule has 176 valence electrons. The molecule has 7 nitrogen and oxygen atoms in total. The number of piperidine rings is 2. The summed E-state index contributed by atoms with van der Waals surface area (Å²) in [6.07, 6.45) is 10.5. The van der Waals surface area contributed by atoms with Crippen molar-refractivity contribution >= 4 is 17.6 Å². The molecule has 33 heavy (non-hydrogen) atoms. The van der Waals surface area contributed by atoms with Gasteiger partial charge >= 0.3 is 5.97 Å². The lowest BCUT2D eigenvalue weighted by molar-refractivity contribution is 0.0696. The minimum absolute atomic E-state index is 0.260. The van der Waals surface area contributed by atoms with E-state index in [4.69, 9.17) is 10.4 Å². The van der Waals surface area contributed by atoms with Gasteiger partial charge in [-0.15, -0.1) is 0 Å². The summed E-state index contributed by atoms with van der Waals surface area (Å²) < 4.78 is 0. The fraction of sp³-hybridized carbons (Fsp3) is 0.538. The van der Waals surface area contributed by atoms with Gasteiger partial charge in [0.15, 0.2) is 0 Å². The molecule has 2 fully saturated rings. The van der Waals surface area contributed by atoms with Gasteiger partial charge in [0.2, 0.25) is 0 Å². The molecular weight excluding hydrogens is 414 g/mol. The van der Waals surface area contributed by atoms with E-state index in [1.54, 1.807) is 12.3 Å². The van der Waals surface area contributed by atoms with Crippen LogP contribution >= 0.6 is 0 Å². The van der Waals surface area contributed by atoms with Gasteiger partial charge in [-0.2, -0.15) is 5.26 Å². The van der Waals surface area contributed by atoms with Crippen molar-refractivity contribution in [2.24, 2.45) is 0 Å². The summed E-state index contributed by atoms with van der Waals surface area (Å²) in [6.45, 7) is 10.5. The Hall–Kier alpha value is -3.14. The number of nitriles is 1. The highest BCUT2D eigenvalue weighted by Gasteiger charge is 2.22. The van der Waals surface area contributed by atoms with Crippen LogP contribution in [0.4, 0.5) is 11.6 Å². The molecule has 0 bridgehead atoms. The number of anilines is 2. The van der Waals surface area contributed by atoms with E-state index in [9.17, 15) is 4.79 Å². The highest BCUT2D eigenvalue weighted by Crippen LogP contribution is 2.27. The maximum Gasteiger partial charge on any atom is 0.337 e. The Kier molecular flexibility index (Phi) is 8.26. The number of aryl methyl sites for hydroxylation is 2. The molecule has 0 radical (unpaired) electrons. The molecule has 0 aliphatic carbocycles. The summed E-state index contributed by atoms with van der Waals surface area (Å²) in [6, 6.07) is 6.80. The molecule has 2 saturated heterocycles. The first kappa shape index (κ1) is 24.5. The predicted molar refractivity (Wildman–Crippen MR) is 131 cm³/mol. The molecule has 4 rings (SSSR count).